The summed E-state index contributed by atoms with van der Waals surface area (Å²) in [6, 6.07) is 8.62. The minimum atomic E-state index is 0.242. The van der Waals surface area contributed by atoms with Crippen LogP contribution in [0.25, 0.3) is 0 Å². The van der Waals surface area contributed by atoms with Gasteiger partial charge in [-0.05, 0) is 18.9 Å². The van der Waals surface area contributed by atoms with Crippen LogP contribution < -0.4 is 11.1 Å². The van der Waals surface area contributed by atoms with Crippen molar-refractivity contribution in [2.75, 3.05) is 0 Å². The number of rotatable bonds is 6. The minimum Gasteiger partial charge on any atom is -0.409 e. The topological polar surface area (TPSA) is 70.6 Å². The molecular weight excluding hydrogens is 214 g/mol. The summed E-state index contributed by atoms with van der Waals surface area (Å²) in [4.78, 5) is 0. The van der Waals surface area contributed by atoms with E-state index in [-0.39, 0.29) is 11.9 Å². The fraction of sp³-hybridized carbons (Fsp3) is 0.462. The van der Waals surface area contributed by atoms with Gasteiger partial charge in [0.05, 0.1) is 0 Å². The van der Waals surface area contributed by atoms with Gasteiger partial charge in [0.15, 0.2) is 0 Å². The van der Waals surface area contributed by atoms with Crippen LogP contribution in [-0.4, -0.2) is 17.1 Å². The summed E-state index contributed by atoms with van der Waals surface area (Å²) >= 11 is 0. The van der Waals surface area contributed by atoms with E-state index in [4.69, 9.17) is 10.9 Å². The van der Waals surface area contributed by atoms with Crippen molar-refractivity contribution in [2.45, 2.75) is 39.3 Å². The van der Waals surface area contributed by atoms with Crippen LogP contribution in [0, 0.1) is 6.92 Å². The molecule has 4 nitrogen and oxygen atoms in total. The zero-order valence-electron chi connectivity index (χ0n) is 10.5. The summed E-state index contributed by atoms with van der Waals surface area (Å²) in [6.07, 6.45) is 1.51. The van der Waals surface area contributed by atoms with Crippen LogP contribution in [0.3, 0.4) is 0 Å². The van der Waals surface area contributed by atoms with Gasteiger partial charge in [-0.3, -0.25) is 0 Å². The molecule has 1 aromatic rings. The number of hydrogen-bond donors (Lipinski definition) is 3. The molecule has 1 rings (SSSR count). The molecule has 0 amide bonds. The predicted molar refractivity (Wildman–Crippen MR) is 70.1 cm³/mol. The number of benzene rings is 1. The number of nitrogens with one attached hydrogen (secondary N) is 1. The lowest BCUT2D eigenvalue weighted by Gasteiger charge is -2.16. The third-order valence-electron chi connectivity index (χ3n) is 2.75. The third kappa shape index (κ3) is 4.87. The van der Waals surface area contributed by atoms with Crippen LogP contribution in [0.4, 0.5) is 0 Å². The highest BCUT2D eigenvalue weighted by Gasteiger charge is 2.08. The van der Waals surface area contributed by atoms with E-state index in [9.17, 15) is 0 Å². The summed E-state index contributed by atoms with van der Waals surface area (Å²) in [6.45, 7) is 4.97. The standard InChI is InChI=1S/C13H21N3O/c1-3-12(8-13(14)16-17)15-9-11-6-4-5-10(2)7-11/h4-7,12,15,17H,3,8-9H2,1-2H3,(H2,14,16). The number of aryl methyl sites for hydroxylation is 1. The van der Waals surface area contributed by atoms with Crippen molar-refractivity contribution in [1.29, 1.82) is 0 Å². The van der Waals surface area contributed by atoms with Gasteiger partial charge in [0, 0.05) is 19.0 Å². The van der Waals surface area contributed by atoms with Crippen molar-refractivity contribution >= 4 is 5.84 Å². The Morgan fingerprint density at radius 2 is 2.29 bits per heavy atom. The van der Waals surface area contributed by atoms with E-state index in [1.807, 2.05) is 0 Å². The fourth-order valence-corrected chi connectivity index (χ4v) is 1.74. The molecule has 0 aliphatic heterocycles. The first kappa shape index (κ1) is 13.5. The van der Waals surface area contributed by atoms with Crippen molar-refractivity contribution in [3.63, 3.8) is 0 Å². The molecule has 0 aliphatic rings. The molecule has 0 aliphatic carbocycles. The zero-order valence-corrected chi connectivity index (χ0v) is 10.5. The van der Waals surface area contributed by atoms with Crippen molar-refractivity contribution in [1.82, 2.24) is 5.32 Å². The largest absolute Gasteiger partial charge is 0.409 e. The van der Waals surface area contributed by atoms with E-state index < -0.39 is 0 Å². The SMILES string of the molecule is CCC(CC(N)=NO)NCc1cccc(C)c1. The molecule has 4 heteroatoms. The van der Waals surface area contributed by atoms with E-state index in [1.165, 1.54) is 11.1 Å². The van der Waals surface area contributed by atoms with Gasteiger partial charge in [-0.15, -0.1) is 0 Å². The number of amidine groups is 1. The predicted octanol–water partition coefficient (Wildman–Crippen LogP) is 2.00. The Balaban J connectivity index is 2.47. The summed E-state index contributed by atoms with van der Waals surface area (Å²) in [5.74, 6) is 0.272. The van der Waals surface area contributed by atoms with E-state index in [0.29, 0.717) is 6.42 Å². The van der Waals surface area contributed by atoms with E-state index in [0.717, 1.165) is 13.0 Å². The lowest BCUT2D eigenvalue weighted by molar-refractivity contribution is 0.315. The Labute approximate surface area is 103 Å². The summed E-state index contributed by atoms with van der Waals surface area (Å²) in [5.41, 5.74) is 8.01. The van der Waals surface area contributed by atoms with Gasteiger partial charge >= 0.3 is 0 Å². The van der Waals surface area contributed by atoms with Gasteiger partial charge < -0.3 is 16.3 Å². The van der Waals surface area contributed by atoms with Crippen LogP contribution in [0.1, 0.15) is 30.9 Å². The average Bonchev–Trinajstić information content (AvgIpc) is 2.34. The van der Waals surface area contributed by atoms with Crippen molar-refractivity contribution in [2.24, 2.45) is 10.9 Å². The van der Waals surface area contributed by atoms with Crippen LogP contribution in [-0.2, 0) is 6.54 Å². The van der Waals surface area contributed by atoms with Gasteiger partial charge in [0.1, 0.15) is 5.84 Å². The molecule has 0 radical (unpaired) electrons. The first-order chi connectivity index (χ1) is 8.15. The summed E-state index contributed by atoms with van der Waals surface area (Å²) in [7, 11) is 0. The second-order valence-corrected chi connectivity index (χ2v) is 4.27. The molecule has 94 valence electrons. The Hall–Kier alpha value is -1.55. The molecule has 0 spiro atoms. The molecule has 1 atom stereocenters. The van der Waals surface area contributed by atoms with Gasteiger partial charge in [-0.2, -0.15) is 0 Å². The summed E-state index contributed by atoms with van der Waals surface area (Å²) in [5, 5.41) is 14.9. The molecule has 0 aromatic heterocycles. The maximum atomic E-state index is 8.54. The third-order valence-corrected chi connectivity index (χ3v) is 2.75. The van der Waals surface area contributed by atoms with E-state index in [1.54, 1.807) is 0 Å². The monoisotopic (exact) mass is 235 g/mol. The smallest absolute Gasteiger partial charge is 0.140 e. The Kier molecular flexibility index (Phi) is 5.49. The molecule has 0 heterocycles. The Morgan fingerprint density at radius 1 is 1.53 bits per heavy atom. The number of hydrogen-bond acceptors (Lipinski definition) is 3. The highest BCUT2D eigenvalue weighted by molar-refractivity contribution is 5.80. The number of nitrogens with zero attached hydrogens (tertiary/aromatic N) is 1. The molecule has 0 fully saturated rings. The lowest BCUT2D eigenvalue weighted by atomic mass is 10.1. The van der Waals surface area contributed by atoms with Crippen LogP contribution in [0.15, 0.2) is 29.4 Å². The second kappa shape index (κ2) is 6.91. The lowest BCUT2D eigenvalue weighted by Crippen LogP contribution is -2.32. The quantitative estimate of drug-likeness (QED) is 0.306. The van der Waals surface area contributed by atoms with E-state index >= 15 is 0 Å². The molecule has 4 N–H and O–H groups in total. The highest BCUT2D eigenvalue weighted by Crippen LogP contribution is 2.05. The minimum absolute atomic E-state index is 0.242. The van der Waals surface area contributed by atoms with Gasteiger partial charge in [-0.1, -0.05) is 41.9 Å². The Morgan fingerprint density at radius 3 is 2.88 bits per heavy atom. The normalized spacial score (nSPS) is 13.6. The molecule has 0 saturated carbocycles. The first-order valence-corrected chi connectivity index (χ1v) is 5.91. The van der Waals surface area contributed by atoms with Gasteiger partial charge in [0.25, 0.3) is 0 Å². The van der Waals surface area contributed by atoms with Crippen LogP contribution in [0.5, 0.6) is 0 Å². The molecule has 0 saturated heterocycles. The van der Waals surface area contributed by atoms with Gasteiger partial charge in [0.2, 0.25) is 0 Å². The first-order valence-electron chi connectivity index (χ1n) is 5.91. The fourth-order valence-electron chi connectivity index (χ4n) is 1.74. The maximum absolute atomic E-state index is 8.54. The maximum Gasteiger partial charge on any atom is 0.140 e. The average molecular weight is 235 g/mol. The number of oxime groups is 1. The Bertz CT molecular complexity index is 377. The number of nitrogens with two attached hydrogens (primary N) is 1. The molecular formula is C13H21N3O. The van der Waals surface area contributed by atoms with Crippen molar-refractivity contribution < 1.29 is 5.21 Å². The van der Waals surface area contributed by atoms with E-state index in [2.05, 4.69) is 48.6 Å². The van der Waals surface area contributed by atoms with Crippen molar-refractivity contribution in [3.8, 4) is 0 Å². The van der Waals surface area contributed by atoms with Gasteiger partial charge in [-0.25, -0.2) is 0 Å². The van der Waals surface area contributed by atoms with Crippen LogP contribution in [0.2, 0.25) is 0 Å². The summed E-state index contributed by atoms with van der Waals surface area (Å²) < 4.78 is 0. The van der Waals surface area contributed by atoms with Crippen LogP contribution >= 0.6 is 0 Å². The molecule has 1 unspecified atom stereocenters. The molecule has 17 heavy (non-hydrogen) atoms. The molecule has 0 bridgehead atoms. The molecule has 1 aromatic carbocycles. The van der Waals surface area contributed by atoms with Crippen molar-refractivity contribution in [3.05, 3.63) is 35.4 Å². The highest BCUT2D eigenvalue weighted by atomic mass is 16.4. The zero-order chi connectivity index (χ0) is 12.7. The second-order valence-electron chi connectivity index (χ2n) is 4.27.